The Hall–Kier alpha value is -2.47. The molecule has 1 heterocycles. The maximum absolute atomic E-state index is 12.7. The van der Waals surface area contributed by atoms with Crippen LogP contribution in [0, 0.1) is 0 Å². The third kappa shape index (κ3) is 4.75. The lowest BCUT2D eigenvalue weighted by Crippen LogP contribution is -2.23. The lowest BCUT2D eigenvalue weighted by Gasteiger charge is -2.10. The number of carbonyl (C=O) groups is 1. The van der Waals surface area contributed by atoms with Crippen molar-refractivity contribution < 1.29 is 17.6 Å². The maximum Gasteiger partial charge on any atom is 0.419 e. The number of amides is 1. The molecule has 0 unspecified atom stereocenters. The highest BCUT2D eigenvalue weighted by atomic mass is 79.9. The average Bonchev–Trinajstić information content (AvgIpc) is 2.93. The lowest BCUT2D eigenvalue weighted by molar-refractivity contribution is 0.102. The zero-order valence-electron chi connectivity index (χ0n) is 15.7. The van der Waals surface area contributed by atoms with Crippen LogP contribution in [0.15, 0.2) is 55.0 Å². The van der Waals surface area contributed by atoms with Gasteiger partial charge in [-0.3, -0.25) is 9.36 Å². The standard InChI is InChI=1S/C18H19BrN4O5S/c1-22(2)7-8-23-15-9-11(3-6-16(15)28-18(23)25)21-17(24)13-10-12(29(20,26)27)4-5-14(13)19/h3-6,9-10H,7-8H2,1-2H3,(H,21,24)(H2,20,26,27). The van der Waals surface area contributed by atoms with Crippen molar-refractivity contribution in [3.8, 4) is 0 Å². The van der Waals surface area contributed by atoms with Gasteiger partial charge in [-0.25, -0.2) is 18.4 Å². The van der Waals surface area contributed by atoms with E-state index in [4.69, 9.17) is 9.56 Å². The number of nitrogens with one attached hydrogen (secondary N) is 1. The normalized spacial score (nSPS) is 11.9. The van der Waals surface area contributed by atoms with Crippen LogP contribution in [0.25, 0.3) is 11.1 Å². The number of halogens is 1. The molecule has 0 aliphatic rings. The molecular formula is C18H19BrN4O5S. The highest BCUT2D eigenvalue weighted by Gasteiger charge is 2.17. The molecule has 0 radical (unpaired) electrons. The highest BCUT2D eigenvalue weighted by molar-refractivity contribution is 9.10. The molecule has 3 aromatic rings. The molecule has 0 spiro atoms. The largest absolute Gasteiger partial charge is 0.419 e. The van der Waals surface area contributed by atoms with E-state index in [-0.39, 0.29) is 10.5 Å². The third-order valence-electron chi connectivity index (χ3n) is 4.21. The summed E-state index contributed by atoms with van der Waals surface area (Å²) < 4.78 is 30.3. The number of likely N-dealkylation sites (N-methyl/N-ethyl adjacent to an activating group) is 1. The Labute approximate surface area is 175 Å². The molecule has 0 bridgehead atoms. The van der Waals surface area contributed by atoms with Gasteiger partial charge in [-0.15, -0.1) is 0 Å². The smallest absolute Gasteiger partial charge is 0.408 e. The van der Waals surface area contributed by atoms with Gasteiger partial charge in [0, 0.05) is 23.2 Å². The van der Waals surface area contributed by atoms with Gasteiger partial charge in [0.1, 0.15) is 0 Å². The number of benzene rings is 2. The number of hydrogen-bond donors (Lipinski definition) is 2. The van der Waals surface area contributed by atoms with Crippen molar-refractivity contribution in [3.05, 3.63) is 57.0 Å². The van der Waals surface area contributed by atoms with E-state index in [1.165, 1.54) is 22.8 Å². The molecule has 0 fully saturated rings. The van der Waals surface area contributed by atoms with Gasteiger partial charge in [-0.05, 0) is 66.4 Å². The first-order valence-electron chi connectivity index (χ1n) is 8.48. The van der Waals surface area contributed by atoms with Crippen LogP contribution in [0.2, 0.25) is 0 Å². The van der Waals surface area contributed by atoms with Crippen molar-refractivity contribution in [2.45, 2.75) is 11.4 Å². The molecule has 0 aliphatic carbocycles. The minimum Gasteiger partial charge on any atom is -0.408 e. The summed E-state index contributed by atoms with van der Waals surface area (Å²) >= 11 is 3.24. The molecule has 0 atom stereocenters. The summed E-state index contributed by atoms with van der Waals surface area (Å²) in [5.41, 5.74) is 1.49. The summed E-state index contributed by atoms with van der Waals surface area (Å²) in [5, 5.41) is 7.84. The van der Waals surface area contributed by atoms with E-state index >= 15 is 0 Å². The van der Waals surface area contributed by atoms with Crippen LogP contribution in [-0.2, 0) is 16.6 Å². The van der Waals surface area contributed by atoms with Gasteiger partial charge >= 0.3 is 5.76 Å². The Kier molecular flexibility index (Phi) is 5.94. The van der Waals surface area contributed by atoms with Crippen molar-refractivity contribution >= 4 is 48.6 Å². The van der Waals surface area contributed by atoms with E-state index in [1.807, 2.05) is 19.0 Å². The molecule has 0 saturated heterocycles. The van der Waals surface area contributed by atoms with E-state index < -0.39 is 21.7 Å². The van der Waals surface area contributed by atoms with Crippen LogP contribution >= 0.6 is 15.9 Å². The zero-order valence-corrected chi connectivity index (χ0v) is 18.1. The van der Waals surface area contributed by atoms with E-state index in [9.17, 15) is 18.0 Å². The number of hydrogen-bond acceptors (Lipinski definition) is 6. The molecule has 29 heavy (non-hydrogen) atoms. The Bertz CT molecular complexity index is 1250. The fraction of sp³-hybridized carbons (Fsp3) is 0.222. The Morgan fingerprint density at radius 3 is 2.62 bits per heavy atom. The molecule has 3 rings (SSSR count). The van der Waals surface area contributed by atoms with Crippen molar-refractivity contribution in [1.82, 2.24) is 9.47 Å². The number of nitrogens with zero attached hydrogens (tertiary/aromatic N) is 2. The number of nitrogens with two attached hydrogens (primary N) is 1. The lowest BCUT2D eigenvalue weighted by atomic mass is 10.2. The summed E-state index contributed by atoms with van der Waals surface area (Å²) in [6.45, 7) is 1.07. The average molecular weight is 483 g/mol. The van der Waals surface area contributed by atoms with Gasteiger partial charge in [0.2, 0.25) is 10.0 Å². The molecule has 9 nitrogen and oxygen atoms in total. The maximum atomic E-state index is 12.7. The fourth-order valence-electron chi connectivity index (χ4n) is 2.71. The molecule has 1 amide bonds. The predicted octanol–water partition coefficient (Wildman–Crippen LogP) is 1.82. The van der Waals surface area contributed by atoms with Crippen LogP contribution in [0.3, 0.4) is 0 Å². The van der Waals surface area contributed by atoms with Gasteiger partial charge in [0.15, 0.2) is 5.58 Å². The second kappa shape index (κ2) is 8.11. The minimum absolute atomic E-state index is 0.105. The number of anilines is 1. The van der Waals surface area contributed by atoms with Gasteiger partial charge < -0.3 is 14.6 Å². The molecule has 11 heteroatoms. The minimum atomic E-state index is -3.95. The second-order valence-corrected chi connectivity index (χ2v) is 9.06. The summed E-state index contributed by atoms with van der Waals surface area (Å²) in [5.74, 6) is -1.01. The van der Waals surface area contributed by atoms with Gasteiger partial charge in [0.25, 0.3) is 5.91 Å². The molecule has 3 N–H and O–H groups in total. The number of fused-ring (bicyclic) bond motifs is 1. The van der Waals surface area contributed by atoms with Crippen LogP contribution in [-0.4, -0.2) is 44.4 Å². The van der Waals surface area contributed by atoms with Crippen LogP contribution < -0.4 is 16.2 Å². The Balaban J connectivity index is 1.93. The third-order valence-corrected chi connectivity index (χ3v) is 5.81. The summed E-state index contributed by atoms with van der Waals surface area (Å²) in [4.78, 5) is 26.5. The van der Waals surface area contributed by atoms with E-state index in [0.29, 0.717) is 34.3 Å². The van der Waals surface area contributed by atoms with Crippen molar-refractivity contribution in [1.29, 1.82) is 0 Å². The fourth-order valence-corrected chi connectivity index (χ4v) is 3.67. The van der Waals surface area contributed by atoms with Crippen LogP contribution in [0.1, 0.15) is 10.4 Å². The van der Waals surface area contributed by atoms with Crippen LogP contribution in [0.4, 0.5) is 5.69 Å². The number of aromatic nitrogens is 1. The SMILES string of the molecule is CN(C)CCn1c(=O)oc2ccc(NC(=O)c3cc(S(N)(=O)=O)ccc3Br)cc21. The number of oxazole rings is 1. The number of rotatable bonds is 6. The molecular weight excluding hydrogens is 464 g/mol. The van der Waals surface area contributed by atoms with Gasteiger partial charge in [0.05, 0.1) is 16.0 Å². The molecule has 0 aliphatic heterocycles. The monoisotopic (exact) mass is 482 g/mol. The Morgan fingerprint density at radius 2 is 1.97 bits per heavy atom. The first-order valence-corrected chi connectivity index (χ1v) is 10.8. The number of carbonyl (C=O) groups excluding carboxylic acids is 1. The van der Waals surface area contributed by atoms with E-state index in [1.54, 1.807) is 18.2 Å². The number of primary sulfonamides is 1. The number of sulfonamides is 1. The summed E-state index contributed by atoms with van der Waals surface area (Å²) in [6.07, 6.45) is 0. The first-order chi connectivity index (χ1) is 13.6. The van der Waals surface area contributed by atoms with Gasteiger partial charge in [-0.2, -0.15) is 0 Å². The quantitative estimate of drug-likeness (QED) is 0.551. The molecule has 0 saturated carbocycles. The summed E-state index contributed by atoms with van der Waals surface area (Å²) in [7, 11) is -0.158. The van der Waals surface area contributed by atoms with Crippen molar-refractivity contribution in [2.24, 2.45) is 5.14 Å². The summed E-state index contributed by atoms with van der Waals surface area (Å²) in [6, 6.07) is 8.75. The molecule has 2 aromatic carbocycles. The van der Waals surface area contributed by atoms with Crippen LogP contribution in [0.5, 0.6) is 0 Å². The highest BCUT2D eigenvalue weighted by Crippen LogP contribution is 2.23. The topological polar surface area (TPSA) is 128 Å². The Morgan fingerprint density at radius 1 is 1.24 bits per heavy atom. The molecule has 1 aromatic heterocycles. The predicted molar refractivity (Wildman–Crippen MR) is 112 cm³/mol. The van der Waals surface area contributed by atoms with Crippen molar-refractivity contribution in [2.75, 3.05) is 26.0 Å². The molecule has 154 valence electrons. The van der Waals surface area contributed by atoms with Crippen molar-refractivity contribution in [3.63, 3.8) is 0 Å². The van der Waals surface area contributed by atoms with Gasteiger partial charge in [-0.1, -0.05) is 0 Å². The van der Waals surface area contributed by atoms with E-state index in [2.05, 4.69) is 21.2 Å². The zero-order chi connectivity index (χ0) is 21.3. The first kappa shape index (κ1) is 21.2. The second-order valence-electron chi connectivity index (χ2n) is 6.65. The van der Waals surface area contributed by atoms with E-state index in [0.717, 1.165) is 0 Å².